The van der Waals surface area contributed by atoms with E-state index in [0.717, 1.165) is 44.5 Å². The molecule has 0 aliphatic rings. The number of rotatable bonds is 6. The maximum atomic E-state index is 10.3. The molecule has 0 amide bonds. The summed E-state index contributed by atoms with van der Waals surface area (Å²) in [5.41, 5.74) is 12.9. The zero-order chi connectivity index (χ0) is 42.8. The molecule has 58 heavy (non-hydrogen) atoms. The number of hydrogen-bond donors (Lipinski definition) is 4. The lowest BCUT2D eigenvalue weighted by molar-refractivity contribution is 0.495. The zero-order valence-corrected chi connectivity index (χ0v) is 38.2. The summed E-state index contributed by atoms with van der Waals surface area (Å²) in [7, 11) is -4.46. The van der Waals surface area contributed by atoms with Crippen molar-refractivity contribution < 1.29 is 19.6 Å². The third-order valence-corrected chi connectivity index (χ3v) is 12.2. The van der Waals surface area contributed by atoms with Gasteiger partial charge in [-0.15, -0.1) is 0 Å². The summed E-state index contributed by atoms with van der Waals surface area (Å²) in [6.07, 6.45) is 0. The molecule has 304 valence electrons. The van der Waals surface area contributed by atoms with E-state index in [0.29, 0.717) is 10.6 Å². The summed E-state index contributed by atoms with van der Waals surface area (Å²) in [4.78, 5) is 41.2. The van der Waals surface area contributed by atoms with E-state index < -0.39 is 16.8 Å². The molecule has 0 spiro atoms. The number of benzene rings is 6. The van der Waals surface area contributed by atoms with Crippen LogP contribution in [0, 0.1) is 0 Å². The van der Waals surface area contributed by atoms with Crippen LogP contribution in [0.15, 0.2) is 133 Å². The molecule has 6 rings (SSSR count). The van der Waals surface area contributed by atoms with Crippen LogP contribution in [0.2, 0.25) is 0 Å². The Kier molecular flexibility index (Phi) is 13.8. The van der Waals surface area contributed by atoms with Gasteiger partial charge in [-0.3, -0.25) is 0 Å². The van der Waals surface area contributed by atoms with Gasteiger partial charge in [-0.05, 0) is 101 Å². The molecule has 6 heteroatoms. The van der Waals surface area contributed by atoms with Crippen molar-refractivity contribution in [2.75, 3.05) is 0 Å². The van der Waals surface area contributed by atoms with Crippen LogP contribution in [0.25, 0.3) is 44.5 Å². The average Bonchev–Trinajstić information content (AvgIpc) is 3.16. The SMILES string of the molecule is CC(C)(C)c1cccc(C(C)(C)C)c1-c1c(-c2ccccc2)cccc1P(O)O.CC(C)(C)c1cccc(C(C)(C)C)c1-c1cc(-c2ccccc2)ccc1P(O)O. The van der Waals surface area contributed by atoms with Crippen molar-refractivity contribution in [3.63, 3.8) is 0 Å². The topological polar surface area (TPSA) is 80.9 Å². The molecule has 0 heterocycles. The van der Waals surface area contributed by atoms with Gasteiger partial charge in [0.1, 0.15) is 0 Å². The van der Waals surface area contributed by atoms with Crippen molar-refractivity contribution in [1.29, 1.82) is 0 Å². The maximum absolute atomic E-state index is 10.3. The quantitative estimate of drug-likeness (QED) is 0.126. The summed E-state index contributed by atoms with van der Waals surface area (Å²) in [6, 6.07) is 45.2. The largest absolute Gasteiger partial charge is 0.347 e. The molecule has 0 fully saturated rings. The molecule has 0 aromatic heterocycles. The van der Waals surface area contributed by atoms with Crippen LogP contribution in [-0.2, 0) is 21.7 Å². The molecule has 4 N–H and O–H groups in total. The normalized spacial score (nSPS) is 12.4. The van der Waals surface area contributed by atoms with Crippen LogP contribution >= 0.6 is 16.8 Å². The Hall–Kier alpha value is -3.98. The van der Waals surface area contributed by atoms with Gasteiger partial charge in [0.25, 0.3) is 0 Å². The first-order valence-corrected chi connectivity index (χ1v) is 22.5. The van der Waals surface area contributed by atoms with Gasteiger partial charge in [0.2, 0.25) is 0 Å². The van der Waals surface area contributed by atoms with Gasteiger partial charge in [0, 0.05) is 16.2 Å². The molecule has 0 saturated carbocycles. The van der Waals surface area contributed by atoms with Crippen LogP contribution in [0.4, 0.5) is 0 Å². The highest BCUT2D eigenvalue weighted by molar-refractivity contribution is 7.54. The van der Waals surface area contributed by atoms with Crippen molar-refractivity contribution in [2.45, 2.75) is 105 Å². The van der Waals surface area contributed by atoms with Crippen molar-refractivity contribution in [3.05, 3.63) is 156 Å². The van der Waals surface area contributed by atoms with E-state index in [9.17, 15) is 19.6 Å². The molecule has 0 atom stereocenters. The molecular formula is C52H62O4P2. The Balaban J connectivity index is 0.000000221. The Labute approximate surface area is 350 Å². The molecule has 0 radical (unpaired) electrons. The Bertz CT molecular complexity index is 2260. The van der Waals surface area contributed by atoms with Gasteiger partial charge in [-0.1, -0.05) is 198 Å². The van der Waals surface area contributed by atoms with Gasteiger partial charge >= 0.3 is 0 Å². The minimum atomic E-state index is -2.24. The number of hydrogen-bond acceptors (Lipinski definition) is 4. The van der Waals surface area contributed by atoms with Crippen LogP contribution in [0.1, 0.15) is 105 Å². The van der Waals surface area contributed by atoms with Gasteiger partial charge in [-0.2, -0.15) is 0 Å². The first-order valence-electron chi connectivity index (χ1n) is 20.0. The van der Waals surface area contributed by atoms with Crippen molar-refractivity contribution >= 4 is 27.4 Å². The highest BCUT2D eigenvalue weighted by Crippen LogP contribution is 2.46. The van der Waals surface area contributed by atoms with E-state index in [2.05, 4.69) is 156 Å². The van der Waals surface area contributed by atoms with Gasteiger partial charge in [0.15, 0.2) is 16.8 Å². The second-order valence-electron chi connectivity index (χ2n) is 19.2. The van der Waals surface area contributed by atoms with Crippen LogP contribution in [0.3, 0.4) is 0 Å². The van der Waals surface area contributed by atoms with E-state index in [1.807, 2.05) is 60.7 Å². The molecule has 0 aliphatic carbocycles. The lowest BCUT2D eigenvalue weighted by Crippen LogP contribution is -2.21. The standard InChI is InChI=1S/2C26H31O2P/c1-25(2,3)20-15-11-16-21(26(4,5)6)24(20)23-19(18-12-8-7-9-13-18)14-10-17-22(23)29(27)28;1-25(2,3)21-13-10-14-22(26(4,5)6)24(21)20-17-19(15-16-23(20)29(27)28)18-11-8-7-9-12-18/h2*7-17,27-28H,1-6H3. The minimum Gasteiger partial charge on any atom is -0.347 e. The van der Waals surface area contributed by atoms with E-state index in [1.54, 1.807) is 0 Å². The van der Waals surface area contributed by atoms with Crippen molar-refractivity contribution in [3.8, 4) is 44.5 Å². The fraction of sp³-hybridized carbons (Fsp3) is 0.308. The summed E-state index contributed by atoms with van der Waals surface area (Å²) in [5.74, 6) is 0. The average molecular weight is 813 g/mol. The van der Waals surface area contributed by atoms with Gasteiger partial charge in [0.05, 0.1) is 0 Å². The van der Waals surface area contributed by atoms with Gasteiger partial charge < -0.3 is 19.6 Å². The molecule has 0 aliphatic heterocycles. The Morgan fingerprint density at radius 3 is 1.12 bits per heavy atom. The summed E-state index contributed by atoms with van der Waals surface area (Å²) < 4.78 is 0. The molecular weight excluding hydrogens is 751 g/mol. The minimum absolute atomic E-state index is 0.0791. The second kappa shape index (κ2) is 17.7. The summed E-state index contributed by atoms with van der Waals surface area (Å²) in [6.45, 7) is 26.5. The van der Waals surface area contributed by atoms with E-state index >= 15 is 0 Å². The van der Waals surface area contributed by atoms with E-state index in [1.165, 1.54) is 22.3 Å². The fourth-order valence-corrected chi connectivity index (χ4v) is 8.96. The smallest absolute Gasteiger partial charge is 0.200 e. The van der Waals surface area contributed by atoms with Gasteiger partial charge in [-0.25, -0.2) is 0 Å². The predicted molar refractivity (Wildman–Crippen MR) is 251 cm³/mol. The van der Waals surface area contributed by atoms with Crippen molar-refractivity contribution in [2.24, 2.45) is 0 Å². The summed E-state index contributed by atoms with van der Waals surface area (Å²) >= 11 is 0. The maximum Gasteiger partial charge on any atom is 0.200 e. The fourth-order valence-electron chi connectivity index (χ4n) is 7.71. The third-order valence-electron chi connectivity index (χ3n) is 10.5. The lowest BCUT2D eigenvalue weighted by Gasteiger charge is -2.32. The molecule has 0 unspecified atom stereocenters. The monoisotopic (exact) mass is 812 g/mol. The molecule has 4 nitrogen and oxygen atoms in total. The first kappa shape index (κ1) is 45.1. The molecule has 6 aromatic carbocycles. The zero-order valence-electron chi connectivity index (χ0n) is 36.4. The third kappa shape index (κ3) is 10.2. The Morgan fingerprint density at radius 2 is 0.707 bits per heavy atom. The van der Waals surface area contributed by atoms with E-state index in [4.69, 9.17) is 0 Å². The molecule has 6 aromatic rings. The second-order valence-corrected chi connectivity index (χ2v) is 21.3. The highest BCUT2D eigenvalue weighted by Gasteiger charge is 2.31. The molecule has 0 saturated heterocycles. The van der Waals surface area contributed by atoms with Crippen molar-refractivity contribution in [1.82, 2.24) is 0 Å². The highest BCUT2D eigenvalue weighted by atomic mass is 31.2. The van der Waals surface area contributed by atoms with Crippen LogP contribution in [0.5, 0.6) is 0 Å². The predicted octanol–water partition coefficient (Wildman–Crippen LogP) is 13.1. The first-order chi connectivity index (χ1) is 27.0. The summed E-state index contributed by atoms with van der Waals surface area (Å²) in [5, 5.41) is 1.20. The van der Waals surface area contributed by atoms with Crippen LogP contribution in [-0.4, -0.2) is 19.6 Å². The van der Waals surface area contributed by atoms with E-state index in [-0.39, 0.29) is 21.7 Å². The molecule has 0 bridgehead atoms. The lowest BCUT2D eigenvalue weighted by atomic mass is 9.73. The Morgan fingerprint density at radius 1 is 0.310 bits per heavy atom. The van der Waals surface area contributed by atoms with Crippen LogP contribution < -0.4 is 10.6 Å².